The number of morpholine rings is 1. The molecule has 0 bridgehead atoms. The Morgan fingerprint density at radius 1 is 1.11 bits per heavy atom. The first-order valence-electron chi connectivity index (χ1n) is 12.4. The minimum Gasteiger partial charge on any atom is -0.485 e. The number of aliphatic hydroxyl groups is 1. The maximum Gasteiger partial charge on any atom is 0.244 e. The number of hydrogen-bond donors (Lipinski definition) is 2. The number of nitrogens with zero attached hydrogens (tertiary/aromatic N) is 2. The van der Waals surface area contributed by atoms with Crippen molar-refractivity contribution in [2.75, 3.05) is 26.3 Å². The molecule has 9 nitrogen and oxygen atoms in total. The summed E-state index contributed by atoms with van der Waals surface area (Å²) in [5.74, 6) is 0.725. The summed E-state index contributed by atoms with van der Waals surface area (Å²) in [4.78, 5) is 28.0. The molecule has 2 unspecified atom stereocenters. The smallest absolute Gasteiger partial charge is 0.244 e. The Hall–Kier alpha value is -3.24. The van der Waals surface area contributed by atoms with Gasteiger partial charge in [-0.2, -0.15) is 0 Å². The Kier molecular flexibility index (Phi) is 6.22. The molecule has 0 saturated carbocycles. The molecule has 2 atom stereocenters. The molecular weight excluding hydrogens is 462 g/mol. The van der Waals surface area contributed by atoms with Crippen LogP contribution in [-0.2, 0) is 34.0 Å². The molecule has 0 radical (unpaired) electrons. The number of carbonyl (C=O) groups excluding carboxylic acids is 2. The molecule has 6 rings (SSSR count). The molecule has 188 valence electrons. The molecule has 9 heteroatoms. The average molecular weight is 492 g/mol. The maximum absolute atomic E-state index is 12.4. The zero-order valence-electron chi connectivity index (χ0n) is 19.9. The van der Waals surface area contributed by atoms with Gasteiger partial charge in [0.05, 0.1) is 19.3 Å². The molecule has 0 spiro atoms. The molecule has 36 heavy (non-hydrogen) atoms. The van der Waals surface area contributed by atoms with Gasteiger partial charge in [0.25, 0.3) is 0 Å². The molecule has 2 N–H and O–H groups in total. The molecule has 3 aliphatic heterocycles. The first-order valence-corrected chi connectivity index (χ1v) is 12.4. The van der Waals surface area contributed by atoms with Crippen LogP contribution in [0, 0.1) is 0 Å². The molecule has 2 fully saturated rings. The summed E-state index contributed by atoms with van der Waals surface area (Å²) in [6.07, 6.45) is -0.276. The number of nitrogens with one attached hydrogen (secondary N) is 1. The van der Waals surface area contributed by atoms with Crippen molar-refractivity contribution in [1.29, 1.82) is 0 Å². The Morgan fingerprint density at radius 2 is 1.97 bits per heavy atom. The summed E-state index contributed by atoms with van der Waals surface area (Å²) in [6, 6.07) is 13.3. The van der Waals surface area contributed by atoms with Crippen LogP contribution in [0.15, 0.2) is 46.9 Å². The van der Waals surface area contributed by atoms with Crippen molar-refractivity contribution in [1.82, 2.24) is 15.1 Å². The van der Waals surface area contributed by atoms with Gasteiger partial charge >= 0.3 is 0 Å². The third kappa shape index (κ3) is 4.51. The van der Waals surface area contributed by atoms with Gasteiger partial charge in [0.1, 0.15) is 29.9 Å². The van der Waals surface area contributed by atoms with Gasteiger partial charge < -0.3 is 19.0 Å². The van der Waals surface area contributed by atoms with Crippen molar-refractivity contribution in [3.8, 4) is 5.75 Å². The molecule has 2 saturated heterocycles. The zero-order valence-corrected chi connectivity index (χ0v) is 19.9. The number of rotatable bonds is 6. The third-order valence-corrected chi connectivity index (χ3v) is 7.22. The van der Waals surface area contributed by atoms with Gasteiger partial charge in [0.15, 0.2) is 0 Å². The number of imide groups is 1. The fourth-order valence-corrected chi connectivity index (χ4v) is 5.34. The summed E-state index contributed by atoms with van der Waals surface area (Å²) in [5.41, 5.74) is 3.62. The lowest BCUT2D eigenvalue weighted by molar-refractivity contribution is -0.141. The number of benzene rings is 2. The Labute approximate surface area is 208 Å². The number of amides is 2. The fraction of sp³-hybridized carbons (Fsp3) is 0.407. The Balaban J connectivity index is 1.14. The van der Waals surface area contributed by atoms with Crippen molar-refractivity contribution in [3.05, 3.63) is 64.9 Å². The number of furan rings is 1. The highest BCUT2D eigenvalue weighted by Crippen LogP contribution is 2.40. The summed E-state index contributed by atoms with van der Waals surface area (Å²) in [5, 5.41) is 14.3. The second-order valence-electron chi connectivity index (χ2n) is 9.60. The molecule has 2 amide bonds. The zero-order chi connectivity index (χ0) is 24.6. The van der Waals surface area contributed by atoms with Gasteiger partial charge in [0, 0.05) is 49.1 Å². The van der Waals surface area contributed by atoms with Crippen LogP contribution in [0.2, 0.25) is 0 Å². The van der Waals surface area contributed by atoms with E-state index in [0.717, 1.165) is 54.9 Å². The Morgan fingerprint density at radius 3 is 2.81 bits per heavy atom. The Bertz CT molecular complexity index is 1300. The highest BCUT2D eigenvalue weighted by atomic mass is 16.5. The van der Waals surface area contributed by atoms with Crippen molar-refractivity contribution in [3.63, 3.8) is 0 Å². The normalized spacial score (nSPS) is 23.1. The minimum atomic E-state index is -0.927. The highest BCUT2D eigenvalue weighted by molar-refractivity contribution is 6.00. The molecular formula is C27H29N3O6. The highest BCUT2D eigenvalue weighted by Gasteiger charge is 2.40. The molecule has 4 heterocycles. The maximum atomic E-state index is 12.4. The fourth-order valence-electron chi connectivity index (χ4n) is 5.34. The number of piperidine rings is 1. The van der Waals surface area contributed by atoms with Crippen LogP contribution in [0.1, 0.15) is 41.5 Å². The summed E-state index contributed by atoms with van der Waals surface area (Å²) >= 11 is 0. The summed E-state index contributed by atoms with van der Waals surface area (Å²) in [7, 11) is 0. The SMILES string of the molecule is O=C1CCC(N2Cc3c(OCc4cc5cc(CN6CCOCC6)ccc5o4)cccc3C2O)C(=O)N1. The monoisotopic (exact) mass is 491 g/mol. The van der Waals surface area contributed by atoms with E-state index in [2.05, 4.69) is 22.3 Å². The summed E-state index contributed by atoms with van der Waals surface area (Å²) < 4.78 is 17.6. The predicted molar refractivity (Wildman–Crippen MR) is 130 cm³/mol. The number of aliphatic hydroxyl groups excluding tert-OH is 1. The number of hydrogen-bond acceptors (Lipinski definition) is 8. The van der Waals surface area contributed by atoms with Crippen LogP contribution in [-0.4, -0.2) is 59.1 Å². The van der Waals surface area contributed by atoms with E-state index >= 15 is 0 Å². The molecule has 3 aliphatic rings. The van der Waals surface area contributed by atoms with Crippen molar-refractivity contribution in [2.24, 2.45) is 0 Å². The van der Waals surface area contributed by atoms with Gasteiger partial charge in [0.2, 0.25) is 11.8 Å². The van der Waals surface area contributed by atoms with E-state index in [-0.39, 0.29) is 24.8 Å². The van der Waals surface area contributed by atoms with Gasteiger partial charge in [-0.15, -0.1) is 0 Å². The largest absolute Gasteiger partial charge is 0.485 e. The van der Waals surface area contributed by atoms with E-state index < -0.39 is 12.3 Å². The second kappa shape index (κ2) is 9.67. The van der Waals surface area contributed by atoms with Gasteiger partial charge in [-0.1, -0.05) is 18.2 Å². The van der Waals surface area contributed by atoms with Gasteiger partial charge in [-0.05, 0) is 36.2 Å². The number of carbonyl (C=O) groups is 2. The first-order chi connectivity index (χ1) is 17.5. The van der Waals surface area contributed by atoms with E-state index in [9.17, 15) is 14.7 Å². The molecule has 0 aliphatic carbocycles. The third-order valence-electron chi connectivity index (χ3n) is 7.22. The number of ether oxygens (including phenoxy) is 2. The van der Waals surface area contributed by atoms with Crippen LogP contribution >= 0.6 is 0 Å². The molecule has 3 aromatic rings. The van der Waals surface area contributed by atoms with Crippen LogP contribution in [0.4, 0.5) is 0 Å². The van der Waals surface area contributed by atoms with Crippen molar-refractivity contribution < 1.29 is 28.6 Å². The van der Waals surface area contributed by atoms with Crippen LogP contribution in [0.5, 0.6) is 5.75 Å². The standard InChI is InChI=1S/C27H29N3O6/c31-25-7-5-22(26(32)28-25)30-15-21-20(27(30)33)2-1-3-24(21)35-16-19-13-18-12-17(4-6-23(18)36-19)14-29-8-10-34-11-9-29/h1-4,6,12-13,22,27,33H,5,7-11,14-16H2,(H,28,31,32). The van der Waals surface area contributed by atoms with Crippen LogP contribution in [0.25, 0.3) is 11.0 Å². The van der Waals surface area contributed by atoms with Crippen LogP contribution < -0.4 is 10.1 Å². The van der Waals surface area contributed by atoms with E-state index in [1.807, 2.05) is 30.3 Å². The second-order valence-corrected chi connectivity index (χ2v) is 9.60. The van der Waals surface area contributed by atoms with Gasteiger partial charge in [-0.3, -0.25) is 24.7 Å². The molecule has 1 aromatic heterocycles. The lowest BCUT2D eigenvalue weighted by Gasteiger charge is -2.31. The lowest BCUT2D eigenvalue weighted by atomic mass is 10.0. The van der Waals surface area contributed by atoms with E-state index in [1.165, 1.54) is 5.56 Å². The van der Waals surface area contributed by atoms with E-state index in [4.69, 9.17) is 13.9 Å². The van der Waals surface area contributed by atoms with E-state index in [0.29, 0.717) is 24.5 Å². The summed E-state index contributed by atoms with van der Waals surface area (Å²) in [6.45, 7) is 4.95. The number of fused-ring (bicyclic) bond motifs is 2. The van der Waals surface area contributed by atoms with E-state index in [1.54, 1.807) is 4.90 Å². The minimum absolute atomic E-state index is 0.248. The first kappa shape index (κ1) is 23.2. The van der Waals surface area contributed by atoms with Crippen molar-refractivity contribution in [2.45, 2.75) is 44.8 Å². The topological polar surface area (TPSA) is 104 Å². The quantitative estimate of drug-likeness (QED) is 0.507. The van der Waals surface area contributed by atoms with Crippen molar-refractivity contribution >= 4 is 22.8 Å². The van der Waals surface area contributed by atoms with Gasteiger partial charge in [-0.25, -0.2) is 0 Å². The molecule has 2 aromatic carbocycles. The van der Waals surface area contributed by atoms with Crippen LogP contribution in [0.3, 0.4) is 0 Å². The predicted octanol–water partition coefficient (Wildman–Crippen LogP) is 2.46. The average Bonchev–Trinajstić information content (AvgIpc) is 3.44. The lowest BCUT2D eigenvalue weighted by Crippen LogP contribution is -2.51.